The van der Waals surface area contributed by atoms with Gasteiger partial charge in [0, 0.05) is 57.6 Å². The fourth-order valence-electron chi connectivity index (χ4n) is 5.18. The second kappa shape index (κ2) is 10.4. The second-order valence-electron chi connectivity index (χ2n) is 9.29. The lowest BCUT2D eigenvalue weighted by Gasteiger charge is -2.34. The number of allylic oxidation sites excluding steroid dienone is 2. The van der Waals surface area contributed by atoms with Gasteiger partial charge in [0.15, 0.2) is 0 Å². The molecule has 1 aliphatic carbocycles. The number of carbonyl (C=O) groups is 2. The van der Waals surface area contributed by atoms with Crippen molar-refractivity contribution in [3.8, 4) is 0 Å². The van der Waals surface area contributed by atoms with Crippen LogP contribution in [0.15, 0.2) is 23.0 Å². The lowest BCUT2D eigenvalue weighted by atomic mass is 9.92. The van der Waals surface area contributed by atoms with Gasteiger partial charge in [0.05, 0.1) is 5.69 Å². The van der Waals surface area contributed by atoms with Crippen LogP contribution in [-0.4, -0.2) is 71.5 Å². The molecule has 1 N–H and O–H groups in total. The van der Waals surface area contributed by atoms with Crippen molar-refractivity contribution in [1.29, 1.82) is 0 Å². The zero-order chi connectivity index (χ0) is 22.5. The number of rotatable bonds is 6. The van der Waals surface area contributed by atoms with E-state index in [1.54, 1.807) is 6.07 Å². The summed E-state index contributed by atoms with van der Waals surface area (Å²) < 4.78 is 4.95. The second-order valence-corrected chi connectivity index (χ2v) is 9.29. The summed E-state index contributed by atoms with van der Waals surface area (Å²) in [4.78, 5) is 48.8. The lowest BCUT2D eigenvalue weighted by molar-refractivity contribution is -0.136. The number of amides is 2. The molecule has 0 bridgehead atoms. The van der Waals surface area contributed by atoms with Crippen molar-refractivity contribution in [2.24, 2.45) is 5.92 Å². The standard InChI is InChI=1S/C24H34N4O4/c1-32-16-23(31)27-11-8-18(9-12-27)24-25-20(14-21(29)26-24)19-7-4-10-28(15-19)22(30)13-17-5-2-3-6-17/h2,5,14,17-19H,3-4,6-13,15-16H2,1H3,(H,25,26,29)/t17-,19-/m0/s1. The van der Waals surface area contributed by atoms with Gasteiger partial charge >= 0.3 is 0 Å². The van der Waals surface area contributed by atoms with E-state index in [9.17, 15) is 14.4 Å². The van der Waals surface area contributed by atoms with E-state index >= 15 is 0 Å². The molecule has 2 saturated heterocycles. The van der Waals surface area contributed by atoms with Gasteiger partial charge in [0.2, 0.25) is 11.8 Å². The van der Waals surface area contributed by atoms with E-state index in [1.165, 1.54) is 7.11 Å². The van der Waals surface area contributed by atoms with Crippen LogP contribution in [0.4, 0.5) is 0 Å². The van der Waals surface area contributed by atoms with Crippen LogP contribution in [0.3, 0.4) is 0 Å². The lowest BCUT2D eigenvalue weighted by Crippen LogP contribution is -2.41. The highest BCUT2D eigenvalue weighted by Gasteiger charge is 2.29. The van der Waals surface area contributed by atoms with E-state index < -0.39 is 0 Å². The van der Waals surface area contributed by atoms with Crippen molar-refractivity contribution in [2.75, 3.05) is 39.9 Å². The van der Waals surface area contributed by atoms with Gasteiger partial charge < -0.3 is 19.5 Å². The molecule has 0 aromatic carbocycles. The molecule has 3 aliphatic rings. The molecule has 0 saturated carbocycles. The van der Waals surface area contributed by atoms with Crippen LogP contribution in [0.2, 0.25) is 0 Å². The number of aromatic amines is 1. The summed E-state index contributed by atoms with van der Waals surface area (Å²) >= 11 is 0. The highest BCUT2D eigenvalue weighted by Crippen LogP contribution is 2.30. The Labute approximate surface area is 189 Å². The Morgan fingerprint density at radius 2 is 1.91 bits per heavy atom. The van der Waals surface area contributed by atoms with Crippen molar-refractivity contribution in [2.45, 2.75) is 56.8 Å². The Kier molecular flexibility index (Phi) is 7.40. The van der Waals surface area contributed by atoms with Crippen molar-refractivity contribution in [1.82, 2.24) is 19.8 Å². The largest absolute Gasteiger partial charge is 0.375 e. The number of hydrogen-bond donors (Lipinski definition) is 1. The minimum absolute atomic E-state index is 0.00112. The molecule has 3 heterocycles. The van der Waals surface area contributed by atoms with Crippen molar-refractivity contribution < 1.29 is 14.3 Å². The summed E-state index contributed by atoms with van der Waals surface area (Å²) in [6, 6.07) is 1.60. The third-order valence-electron chi connectivity index (χ3n) is 7.02. The monoisotopic (exact) mass is 442 g/mol. The van der Waals surface area contributed by atoms with Crippen LogP contribution < -0.4 is 5.56 Å². The molecule has 2 amide bonds. The maximum absolute atomic E-state index is 12.8. The van der Waals surface area contributed by atoms with Crippen LogP contribution in [0.25, 0.3) is 0 Å². The van der Waals surface area contributed by atoms with E-state index in [1.807, 2.05) is 9.80 Å². The molecule has 0 unspecified atom stereocenters. The van der Waals surface area contributed by atoms with Gasteiger partial charge in [0.1, 0.15) is 12.4 Å². The highest BCUT2D eigenvalue weighted by atomic mass is 16.5. The van der Waals surface area contributed by atoms with Gasteiger partial charge in [-0.1, -0.05) is 12.2 Å². The van der Waals surface area contributed by atoms with Crippen LogP contribution in [-0.2, 0) is 14.3 Å². The van der Waals surface area contributed by atoms with Crippen LogP contribution in [0.1, 0.15) is 68.3 Å². The molecule has 8 heteroatoms. The van der Waals surface area contributed by atoms with Gasteiger partial charge in [-0.15, -0.1) is 0 Å². The molecule has 2 fully saturated rings. The molecule has 174 valence electrons. The zero-order valence-corrected chi connectivity index (χ0v) is 18.9. The molecule has 8 nitrogen and oxygen atoms in total. The number of H-pyrrole nitrogens is 1. The normalized spacial score (nSPS) is 24.2. The summed E-state index contributed by atoms with van der Waals surface area (Å²) in [6.45, 7) is 2.80. The van der Waals surface area contributed by atoms with Gasteiger partial charge in [-0.05, 0) is 44.4 Å². The van der Waals surface area contributed by atoms with Gasteiger partial charge in [-0.25, -0.2) is 4.98 Å². The third-order valence-corrected chi connectivity index (χ3v) is 7.02. The highest BCUT2D eigenvalue weighted by molar-refractivity contribution is 5.77. The van der Waals surface area contributed by atoms with Crippen LogP contribution in [0, 0.1) is 5.92 Å². The number of ether oxygens (including phenoxy) is 1. The fraction of sp³-hybridized carbons (Fsp3) is 0.667. The quantitative estimate of drug-likeness (QED) is 0.682. The SMILES string of the molecule is COCC(=O)N1CCC(c2nc([C@H]3CCCN(C(=O)C[C@H]4C=CCC4)C3)cc(=O)[nH]2)CC1. The number of nitrogens with zero attached hydrogens (tertiary/aromatic N) is 3. The first-order chi connectivity index (χ1) is 15.5. The molecule has 2 atom stereocenters. The summed E-state index contributed by atoms with van der Waals surface area (Å²) in [5.74, 6) is 1.52. The molecule has 0 spiro atoms. The van der Waals surface area contributed by atoms with Crippen molar-refractivity contribution >= 4 is 11.8 Å². The van der Waals surface area contributed by atoms with Gasteiger partial charge in [-0.3, -0.25) is 14.4 Å². The van der Waals surface area contributed by atoms with Crippen LogP contribution in [0.5, 0.6) is 0 Å². The smallest absolute Gasteiger partial charge is 0.251 e. The Balaban J connectivity index is 1.40. The number of piperidine rings is 2. The van der Waals surface area contributed by atoms with E-state index in [-0.39, 0.29) is 35.8 Å². The first-order valence-corrected chi connectivity index (χ1v) is 11.9. The van der Waals surface area contributed by atoms with E-state index in [4.69, 9.17) is 9.72 Å². The zero-order valence-electron chi connectivity index (χ0n) is 18.9. The maximum Gasteiger partial charge on any atom is 0.251 e. The first kappa shape index (κ1) is 22.7. The van der Waals surface area contributed by atoms with Gasteiger partial charge in [0.25, 0.3) is 5.56 Å². The number of likely N-dealkylation sites (tertiary alicyclic amines) is 2. The summed E-state index contributed by atoms with van der Waals surface area (Å²) in [7, 11) is 1.52. The summed E-state index contributed by atoms with van der Waals surface area (Å²) in [5, 5.41) is 0. The average Bonchev–Trinajstić information content (AvgIpc) is 3.32. The topological polar surface area (TPSA) is 95.6 Å². The molecular weight excluding hydrogens is 408 g/mol. The number of methoxy groups -OCH3 is 1. The van der Waals surface area contributed by atoms with E-state index in [2.05, 4.69) is 17.1 Å². The van der Waals surface area contributed by atoms with E-state index in [0.29, 0.717) is 37.8 Å². The van der Waals surface area contributed by atoms with Crippen molar-refractivity contribution in [3.05, 3.63) is 40.1 Å². The van der Waals surface area contributed by atoms with Crippen LogP contribution >= 0.6 is 0 Å². The Morgan fingerprint density at radius 1 is 1.09 bits per heavy atom. The Morgan fingerprint density at radius 3 is 2.62 bits per heavy atom. The minimum atomic E-state index is -0.137. The Hall–Kier alpha value is -2.48. The predicted octanol–water partition coefficient (Wildman–Crippen LogP) is 2.18. The molecule has 0 radical (unpaired) electrons. The van der Waals surface area contributed by atoms with Crippen molar-refractivity contribution in [3.63, 3.8) is 0 Å². The molecular formula is C24H34N4O4. The number of nitrogens with one attached hydrogen (secondary N) is 1. The molecule has 2 aliphatic heterocycles. The number of carbonyl (C=O) groups excluding carboxylic acids is 2. The number of hydrogen-bond acceptors (Lipinski definition) is 5. The minimum Gasteiger partial charge on any atom is -0.375 e. The third kappa shape index (κ3) is 5.46. The van der Waals surface area contributed by atoms with Gasteiger partial charge in [-0.2, -0.15) is 0 Å². The molecule has 1 aromatic heterocycles. The van der Waals surface area contributed by atoms with E-state index in [0.717, 1.165) is 50.8 Å². The molecule has 4 rings (SSSR count). The summed E-state index contributed by atoms with van der Waals surface area (Å²) in [5.41, 5.74) is 0.655. The fourth-order valence-corrected chi connectivity index (χ4v) is 5.18. The maximum atomic E-state index is 12.8. The first-order valence-electron chi connectivity index (χ1n) is 11.9. The summed E-state index contributed by atoms with van der Waals surface area (Å²) in [6.07, 6.45) is 10.5. The average molecular weight is 443 g/mol. The predicted molar refractivity (Wildman–Crippen MR) is 120 cm³/mol. The Bertz CT molecular complexity index is 904. The molecule has 32 heavy (non-hydrogen) atoms. The molecule has 1 aromatic rings. The number of aromatic nitrogens is 2.